The minimum atomic E-state index is -0.638. The van der Waals surface area contributed by atoms with Crippen LogP contribution in [0.25, 0.3) is 0 Å². The highest BCUT2D eigenvalue weighted by Gasteiger charge is 2.22. The van der Waals surface area contributed by atoms with Crippen LogP contribution >= 0.6 is 11.8 Å². The number of carbonyl (C=O) groups is 1. The number of ketones is 1. The Hall–Kier alpha value is -1.88. The number of halogens is 2. The van der Waals surface area contributed by atoms with Crippen LogP contribution in [0.5, 0.6) is 0 Å². The molecule has 2 N–H and O–H groups in total. The number of nitrogens with two attached hydrogens (primary N) is 1. The number of carbonyl (C=O) groups excluding carboxylic acids is 1. The molecular weight excluding hydrogens is 280 g/mol. The fourth-order valence-corrected chi connectivity index (χ4v) is 3.18. The van der Waals surface area contributed by atoms with E-state index in [4.69, 9.17) is 5.73 Å². The molecular formula is C15H11F2NOS. The quantitative estimate of drug-likeness (QED) is 0.855. The van der Waals surface area contributed by atoms with Crippen LogP contribution in [0, 0.1) is 11.6 Å². The van der Waals surface area contributed by atoms with Gasteiger partial charge in [0.1, 0.15) is 11.6 Å². The molecule has 20 heavy (non-hydrogen) atoms. The summed E-state index contributed by atoms with van der Waals surface area (Å²) in [5.41, 5.74) is 7.86. The summed E-state index contributed by atoms with van der Waals surface area (Å²) in [5.74, 6) is -1.22. The first-order valence-corrected chi connectivity index (χ1v) is 6.95. The van der Waals surface area contributed by atoms with Crippen molar-refractivity contribution in [2.24, 2.45) is 0 Å². The van der Waals surface area contributed by atoms with Crippen molar-refractivity contribution in [2.75, 3.05) is 5.73 Å². The van der Waals surface area contributed by atoms with Crippen LogP contribution in [0.15, 0.2) is 40.1 Å². The second-order valence-corrected chi connectivity index (χ2v) is 5.68. The van der Waals surface area contributed by atoms with E-state index >= 15 is 0 Å². The molecule has 0 radical (unpaired) electrons. The molecule has 2 aromatic rings. The van der Waals surface area contributed by atoms with Crippen molar-refractivity contribution < 1.29 is 13.6 Å². The van der Waals surface area contributed by atoms with E-state index in [-0.39, 0.29) is 10.7 Å². The number of hydrogen-bond acceptors (Lipinski definition) is 3. The van der Waals surface area contributed by atoms with Gasteiger partial charge in [-0.05, 0) is 36.2 Å². The summed E-state index contributed by atoms with van der Waals surface area (Å²) >= 11 is 0.908. The van der Waals surface area contributed by atoms with Gasteiger partial charge >= 0.3 is 0 Å². The molecule has 1 aliphatic rings. The van der Waals surface area contributed by atoms with Crippen LogP contribution in [-0.4, -0.2) is 5.78 Å². The summed E-state index contributed by atoms with van der Waals surface area (Å²) in [7, 11) is 0. The molecule has 0 aromatic heterocycles. The highest BCUT2D eigenvalue weighted by atomic mass is 32.2. The van der Waals surface area contributed by atoms with Crippen LogP contribution in [0.2, 0.25) is 0 Å². The standard InChI is InChI=1S/C15H11F2NOS/c16-10-2-1-3-11(17)15(10)20-14-7-9-8(6-12(14)18)4-5-13(9)19/h1-3,6-7H,4-5,18H2. The number of benzene rings is 2. The first-order valence-electron chi connectivity index (χ1n) is 6.13. The van der Waals surface area contributed by atoms with E-state index in [1.807, 2.05) is 0 Å². The SMILES string of the molecule is Nc1cc2c(cc1Sc1c(F)cccc1F)C(=O)CC2. The highest BCUT2D eigenvalue weighted by Crippen LogP contribution is 2.38. The number of anilines is 1. The molecule has 0 atom stereocenters. The summed E-state index contributed by atoms with van der Waals surface area (Å²) in [4.78, 5) is 12.1. The number of fused-ring (bicyclic) bond motifs is 1. The van der Waals surface area contributed by atoms with E-state index in [0.29, 0.717) is 29.0 Å². The molecule has 0 heterocycles. The number of rotatable bonds is 2. The predicted molar refractivity (Wildman–Crippen MR) is 74.0 cm³/mol. The topological polar surface area (TPSA) is 43.1 Å². The van der Waals surface area contributed by atoms with Crippen molar-refractivity contribution in [3.05, 3.63) is 53.1 Å². The molecule has 2 aromatic carbocycles. The van der Waals surface area contributed by atoms with Gasteiger partial charge in [-0.15, -0.1) is 0 Å². The lowest BCUT2D eigenvalue weighted by atomic mass is 10.1. The lowest BCUT2D eigenvalue weighted by molar-refractivity contribution is 0.0994. The second kappa shape index (κ2) is 4.90. The zero-order chi connectivity index (χ0) is 14.3. The monoisotopic (exact) mass is 291 g/mol. The van der Waals surface area contributed by atoms with Crippen LogP contribution < -0.4 is 5.73 Å². The van der Waals surface area contributed by atoms with Crippen molar-refractivity contribution >= 4 is 23.2 Å². The maximum atomic E-state index is 13.6. The van der Waals surface area contributed by atoms with Crippen LogP contribution in [0.4, 0.5) is 14.5 Å². The van der Waals surface area contributed by atoms with Gasteiger partial charge in [-0.25, -0.2) is 8.78 Å². The molecule has 0 saturated heterocycles. The largest absolute Gasteiger partial charge is 0.398 e. The average molecular weight is 291 g/mol. The molecule has 0 saturated carbocycles. The van der Waals surface area contributed by atoms with Crippen LogP contribution in [-0.2, 0) is 6.42 Å². The molecule has 0 unspecified atom stereocenters. The van der Waals surface area contributed by atoms with Crippen LogP contribution in [0.3, 0.4) is 0 Å². The third-order valence-corrected chi connectivity index (χ3v) is 4.46. The molecule has 2 nitrogen and oxygen atoms in total. The minimum absolute atomic E-state index is 0.0517. The molecule has 0 spiro atoms. The normalized spacial score (nSPS) is 13.6. The van der Waals surface area contributed by atoms with E-state index in [1.54, 1.807) is 12.1 Å². The van der Waals surface area contributed by atoms with Gasteiger partial charge < -0.3 is 5.73 Å². The smallest absolute Gasteiger partial charge is 0.163 e. The first-order chi connectivity index (χ1) is 9.56. The summed E-state index contributed by atoms with van der Waals surface area (Å²) in [6, 6.07) is 7.06. The predicted octanol–water partition coefficient (Wildman–Crippen LogP) is 3.83. The van der Waals surface area contributed by atoms with Crippen molar-refractivity contribution in [1.29, 1.82) is 0 Å². The van der Waals surface area contributed by atoms with E-state index < -0.39 is 11.6 Å². The Morgan fingerprint density at radius 2 is 1.80 bits per heavy atom. The van der Waals surface area contributed by atoms with Gasteiger partial charge in [0.05, 0.1) is 4.90 Å². The average Bonchev–Trinajstić information content (AvgIpc) is 2.75. The summed E-state index contributed by atoms with van der Waals surface area (Å²) < 4.78 is 27.3. The number of Topliss-reactive ketones (excluding diaryl/α,β-unsaturated/α-hetero) is 1. The Labute approximate surface area is 119 Å². The van der Waals surface area contributed by atoms with Gasteiger partial charge in [0.15, 0.2) is 5.78 Å². The fourth-order valence-electron chi connectivity index (χ4n) is 2.27. The third kappa shape index (κ3) is 2.18. The number of hydrogen-bond donors (Lipinski definition) is 1. The minimum Gasteiger partial charge on any atom is -0.398 e. The molecule has 0 aliphatic heterocycles. The fraction of sp³-hybridized carbons (Fsp3) is 0.133. The molecule has 0 bridgehead atoms. The summed E-state index contributed by atoms with van der Waals surface area (Å²) in [6.07, 6.45) is 1.15. The van der Waals surface area contributed by atoms with E-state index in [0.717, 1.165) is 17.3 Å². The van der Waals surface area contributed by atoms with E-state index in [9.17, 15) is 13.6 Å². The van der Waals surface area contributed by atoms with Crippen molar-refractivity contribution in [1.82, 2.24) is 0 Å². The Balaban J connectivity index is 2.04. The van der Waals surface area contributed by atoms with Crippen molar-refractivity contribution in [2.45, 2.75) is 22.6 Å². The molecule has 1 aliphatic carbocycles. The summed E-state index contributed by atoms with van der Waals surface area (Å²) in [5, 5.41) is 0. The molecule has 102 valence electrons. The van der Waals surface area contributed by atoms with Crippen LogP contribution in [0.1, 0.15) is 22.3 Å². The Morgan fingerprint density at radius 1 is 1.10 bits per heavy atom. The number of aryl methyl sites for hydroxylation is 1. The molecule has 0 amide bonds. The number of nitrogen functional groups attached to an aromatic ring is 1. The highest BCUT2D eigenvalue weighted by molar-refractivity contribution is 7.99. The first kappa shape index (κ1) is 13.1. The molecule has 3 rings (SSSR count). The second-order valence-electron chi connectivity index (χ2n) is 4.62. The zero-order valence-electron chi connectivity index (χ0n) is 10.5. The Bertz CT molecular complexity index is 695. The van der Waals surface area contributed by atoms with E-state index in [2.05, 4.69) is 0 Å². The maximum absolute atomic E-state index is 13.6. The van der Waals surface area contributed by atoms with Gasteiger partial charge in [-0.1, -0.05) is 17.8 Å². The lowest BCUT2D eigenvalue weighted by Crippen LogP contribution is -1.97. The van der Waals surface area contributed by atoms with Gasteiger partial charge in [0.25, 0.3) is 0 Å². The van der Waals surface area contributed by atoms with Gasteiger partial charge in [-0.2, -0.15) is 0 Å². The third-order valence-electron chi connectivity index (χ3n) is 3.29. The van der Waals surface area contributed by atoms with Crippen molar-refractivity contribution in [3.8, 4) is 0 Å². The Kier molecular flexibility index (Phi) is 3.22. The van der Waals surface area contributed by atoms with E-state index in [1.165, 1.54) is 18.2 Å². The maximum Gasteiger partial charge on any atom is 0.163 e. The van der Waals surface area contributed by atoms with Gasteiger partial charge in [-0.3, -0.25) is 4.79 Å². The summed E-state index contributed by atoms with van der Waals surface area (Å²) in [6.45, 7) is 0. The molecule has 5 heteroatoms. The molecule has 0 fully saturated rings. The van der Waals surface area contributed by atoms with Crippen molar-refractivity contribution in [3.63, 3.8) is 0 Å². The Morgan fingerprint density at radius 3 is 2.50 bits per heavy atom. The van der Waals surface area contributed by atoms with Gasteiger partial charge in [0.2, 0.25) is 0 Å². The lowest BCUT2D eigenvalue weighted by Gasteiger charge is -2.09. The zero-order valence-corrected chi connectivity index (χ0v) is 11.3. The van der Waals surface area contributed by atoms with Gasteiger partial charge in [0, 0.05) is 22.6 Å².